The minimum absolute atomic E-state index is 0.684. The molecule has 3 aromatic carbocycles. The van der Waals surface area contributed by atoms with Gasteiger partial charge in [0.2, 0.25) is 5.13 Å². The van der Waals surface area contributed by atoms with Crippen molar-refractivity contribution in [2.75, 3.05) is 11.4 Å². The molecule has 0 N–H and O–H groups in total. The van der Waals surface area contributed by atoms with Gasteiger partial charge >= 0.3 is 0 Å². The molecule has 0 unspecified atom stereocenters. The SMILES string of the molecule is CCN(Cc1ccc(C)cc1)c1ccc(N=Nc2nc3ccccc3s2)c(C)c1. The third-order valence-electron chi connectivity index (χ3n) is 4.95. The molecule has 0 aliphatic carbocycles. The monoisotopic (exact) mass is 400 g/mol. The van der Waals surface area contributed by atoms with Crippen molar-refractivity contribution in [1.82, 2.24) is 4.98 Å². The zero-order valence-electron chi connectivity index (χ0n) is 17.0. The molecule has 1 heterocycles. The Hall–Kier alpha value is -3.05. The van der Waals surface area contributed by atoms with Crippen LogP contribution in [0.1, 0.15) is 23.6 Å². The van der Waals surface area contributed by atoms with Crippen LogP contribution in [0, 0.1) is 13.8 Å². The molecule has 4 aromatic rings. The molecule has 1 aromatic heterocycles. The molecular formula is C24H24N4S. The van der Waals surface area contributed by atoms with E-state index >= 15 is 0 Å². The van der Waals surface area contributed by atoms with Crippen molar-refractivity contribution < 1.29 is 0 Å². The van der Waals surface area contributed by atoms with E-state index < -0.39 is 0 Å². The Balaban J connectivity index is 1.52. The average molecular weight is 401 g/mol. The first-order valence-electron chi connectivity index (χ1n) is 9.81. The lowest BCUT2D eigenvalue weighted by Crippen LogP contribution is -2.21. The van der Waals surface area contributed by atoms with Gasteiger partial charge in [0, 0.05) is 18.8 Å². The van der Waals surface area contributed by atoms with Crippen LogP contribution in [0.4, 0.5) is 16.5 Å². The highest BCUT2D eigenvalue weighted by Gasteiger charge is 2.08. The van der Waals surface area contributed by atoms with Crippen molar-refractivity contribution >= 4 is 38.1 Å². The Bertz CT molecular complexity index is 1110. The van der Waals surface area contributed by atoms with Crippen molar-refractivity contribution in [3.63, 3.8) is 0 Å². The van der Waals surface area contributed by atoms with Gasteiger partial charge in [-0.15, -0.1) is 10.2 Å². The average Bonchev–Trinajstić information content (AvgIpc) is 3.15. The molecule has 0 saturated carbocycles. The van der Waals surface area contributed by atoms with Crippen molar-refractivity contribution in [2.24, 2.45) is 10.2 Å². The Morgan fingerprint density at radius 1 is 0.931 bits per heavy atom. The summed E-state index contributed by atoms with van der Waals surface area (Å²) in [7, 11) is 0. The molecule has 4 nitrogen and oxygen atoms in total. The number of benzene rings is 3. The Morgan fingerprint density at radius 2 is 1.72 bits per heavy atom. The third-order valence-corrected chi connectivity index (χ3v) is 5.87. The summed E-state index contributed by atoms with van der Waals surface area (Å²) in [6.07, 6.45) is 0. The van der Waals surface area contributed by atoms with Gasteiger partial charge in [0.15, 0.2) is 0 Å². The lowest BCUT2D eigenvalue weighted by Gasteiger charge is -2.24. The molecule has 4 rings (SSSR count). The molecule has 146 valence electrons. The summed E-state index contributed by atoms with van der Waals surface area (Å²) in [5.74, 6) is 0. The van der Waals surface area contributed by atoms with Crippen LogP contribution >= 0.6 is 11.3 Å². The van der Waals surface area contributed by atoms with Crippen molar-refractivity contribution in [2.45, 2.75) is 27.3 Å². The van der Waals surface area contributed by atoms with E-state index in [1.54, 1.807) is 11.3 Å². The van der Waals surface area contributed by atoms with Crippen LogP contribution in [0.5, 0.6) is 0 Å². The third kappa shape index (κ3) is 4.51. The molecule has 0 saturated heterocycles. The van der Waals surface area contributed by atoms with Gasteiger partial charge in [0.1, 0.15) is 0 Å². The van der Waals surface area contributed by atoms with Crippen LogP contribution in [-0.2, 0) is 6.54 Å². The summed E-state index contributed by atoms with van der Waals surface area (Å²) in [6.45, 7) is 8.22. The fourth-order valence-electron chi connectivity index (χ4n) is 3.25. The van der Waals surface area contributed by atoms with Crippen LogP contribution in [0.2, 0.25) is 0 Å². The zero-order chi connectivity index (χ0) is 20.2. The maximum absolute atomic E-state index is 4.52. The van der Waals surface area contributed by atoms with Crippen LogP contribution in [-0.4, -0.2) is 11.5 Å². The maximum atomic E-state index is 4.52. The molecule has 5 heteroatoms. The second-order valence-electron chi connectivity index (χ2n) is 7.13. The van der Waals surface area contributed by atoms with Gasteiger partial charge in [-0.25, -0.2) is 4.98 Å². The smallest absolute Gasteiger partial charge is 0.231 e. The summed E-state index contributed by atoms with van der Waals surface area (Å²) < 4.78 is 1.13. The molecule has 0 aliphatic rings. The van der Waals surface area contributed by atoms with Gasteiger partial charge in [-0.05, 0) is 62.2 Å². The van der Waals surface area contributed by atoms with E-state index in [4.69, 9.17) is 0 Å². The molecule has 0 bridgehead atoms. The molecule has 0 fully saturated rings. The summed E-state index contributed by atoms with van der Waals surface area (Å²) in [6, 6.07) is 23.1. The molecule has 29 heavy (non-hydrogen) atoms. The Labute approximate surface area is 175 Å². The minimum atomic E-state index is 0.684. The van der Waals surface area contributed by atoms with Crippen molar-refractivity contribution in [3.05, 3.63) is 83.4 Å². The number of aromatic nitrogens is 1. The van der Waals surface area contributed by atoms with E-state index in [1.165, 1.54) is 16.8 Å². The second-order valence-corrected chi connectivity index (χ2v) is 8.14. The normalized spacial score (nSPS) is 11.4. The van der Waals surface area contributed by atoms with Gasteiger partial charge in [-0.1, -0.05) is 53.3 Å². The molecule has 0 aliphatic heterocycles. The number of thiazole rings is 1. The quantitative estimate of drug-likeness (QED) is 0.317. The molecule has 0 radical (unpaired) electrons. The number of nitrogens with zero attached hydrogens (tertiary/aromatic N) is 4. The second kappa shape index (κ2) is 8.53. The molecule has 0 spiro atoms. The van der Waals surface area contributed by atoms with E-state index in [1.807, 2.05) is 24.3 Å². The highest BCUT2D eigenvalue weighted by molar-refractivity contribution is 7.21. The van der Waals surface area contributed by atoms with E-state index in [2.05, 4.69) is 83.3 Å². The van der Waals surface area contributed by atoms with Crippen LogP contribution in [0.3, 0.4) is 0 Å². The van der Waals surface area contributed by atoms with Crippen LogP contribution in [0.15, 0.2) is 77.0 Å². The standard InChI is InChI=1S/C24H24N4S/c1-4-28(16-19-11-9-17(2)10-12-19)20-13-14-21(18(3)15-20)26-27-24-25-22-7-5-6-8-23(22)29-24/h5-15H,4,16H2,1-3H3. The highest BCUT2D eigenvalue weighted by Crippen LogP contribution is 2.31. The van der Waals surface area contributed by atoms with Crippen LogP contribution in [0.25, 0.3) is 10.2 Å². The van der Waals surface area contributed by atoms with Gasteiger partial charge in [0.05, 0.1) is 15.9 Å². The van der Waals surface area contributed by atoms with Gasteiger partial charge < -0.3 is 4.90 Å². The first-order chi connectivity index (χ1) is 14.1. The summed E-state index contributed by atoms with van der Waals surface area (Å²) in [4.78, 5) is 6.89. The maximum Gasteiger partial charge on any atom is 0.231 e. The number of aryl methyl sites for hydroxylation is 2. The fraction of sp³-hybridized carbons (Fsp3) is 0.208. The predicted molar refractivity (Wildman–Crippen MR) is 123 cm³/mol. The van der Waals surface area contributed by atoms with Crippen LogP contribution < -0.4 is 4.90 Å². The first-order valence-corrected chi connectivity index (χ1v) is 10.6. The zero-order valence-corrected chi connectivity index (χ0v) is 17.8. The largest absolute Gasteiger partial charge is 0.367 e. The summed E-state index contributed by atoms with van der Waals surface area (Å²) >= 11 is 1.56. The lowest BCUT2D eigenvalue weighted by molar-refractivity contribution is 0.831. The number of para-hydroxylation sites is 1. The number of rotatable bonds is 6. The van der Waals surface area contributed by atoms with E-state index in [0.29, 0.717) is 5.13 Å². The van der Waals surface area contributed by atoms with E-state index in [9.17, 15) is 0 Å². The van der Waals surface area contributed by atoms with E-state index in [0.717, 1.165) is 34.6 Å². The van der Waals surface area contributed by atoms with E-state index in [-0.39, 0.29) is 0 Å². The van der Waals surface area contributed by atoms with Gasteiger partial charge in [0.25, 0.3) is 0 Å². The van der Waals surface area contributed by atoms with Crippen molar-refractivity contribution in [3.8, 4) is 0 Å². The number of hydrogen-bond acceptors (Lipinski definition) is 5. The Kier molecular flexibility index (Phi) is 5.67. The molecular weight excluding hydrogens is 376 g/mol. The number of hydrogen-bond donors (Lipinski definition) is 0. The summed E-state index contributed by atoms with van der Waals surface area (Å²) in [5, 5.41) is 9.49. The van der Waals surface area contributed by atoms with Gasteiger partial charge in [-0.2, -0.15) is 0 Å². The number of anilines is 1. The number of azo groups is 1. The number of fused-ring (bicyclic) bond motifs is 1. The first kappa shape index (κ1) is 19.3. The summed E-state index contributed by atoms with van der Waals surface area (Å²) in [5.41, 5.74) is 6.75. The molecule has 0 amide bonds. The predicted octanol–water partition coefficient (Wildman–Crippen LogP) is 7.36. The molecule has 0 atom stereocenters. The Morgan fingerprint density at radius 3 is 2.45 bits per heavy atom. The van der Waals surface area contributed by atoms with Gasteiger partial charge in [-0.3, -0.25) is 0 Å². The van der Waals surface area contributed by atoms with Crippen molar-refractivity contribution in [1.29, 1.82) is 0 Å². The lowest BCUT2D eigenvalue weighted by atomic mass is 10.1. The minimum Gasteiger partial charge on any atom is -0.367 e. The fourth-order valence-corrected chi connectivity index (χ4v) is 4.03. The highest BCUT2D eigenvalue weighted by atomic mass is 32.1. The topological polar surface area (TPSA) is 40.9 Å².